The van der Waals surface area contributed by atoms with Crippen molar-refractivity contribution in [3.05, 3.63) is 102 Å². The Labute approximate surface area is 171 Å². The number of halogens is 1. The Morgan fingerprint density at radius 3 is 1.86 bits per heavy atom. The number of carbonyl (C=O) groups is 1. The Morgan fingerprint density at radius 1 is 0.786 bits per heavy atom. The number of carbonyl (C=O) groups excluding carboxylic acids is 1. The molecule has 0 aliphatic heterocycles. The summed E-state index contributed by atoms with van der Waals surface area (Å²) in [5, 5.41) is 0. The van der Waals surface area contributed by atoms with Crippen molar-refractivity contribution in [2.45, 2.75) is 13.3 Å². The molecular weight excluding hydrogens is 368 g/mol. The minimum Gasteiger partial charge on any atom is -0.486 e. The molecule has 0 amide bonds. The lowest BCUT2D eigenvalue weighted by Crippen LogP contribution is -2.06. The molecule has 28 heavy (non-hydrogen) atoms. The van der Waals surface area contributed by atoms with Crippen LogP contribution in [0.4, 0.5) is 0 Å². The van der Waals surface area contributed by atoms with Crippen LogP contribution in [0.25, 0.3) is 11.1 Å². The van der Waals surface area contributed by atoms with Gasteiger partial charge in [0, 0.05) is 5.88 Å². The molecule has 0 atom stereocenters. The minimum atomic E-state index is 0.00224. The normalized spacial score (nSPS) is 11.6. The number of ether oxygens (including phenoxy) is 1. The summed E-state index contributed by atoms with van der Waals surface area (Å²) in [6.07, 6.45) is 0.762. The maximum atomic E-state index is 11.2. The van der Waals surface area contributed by atoms with E-state index in [0.717, 1.165) is 23.1 Å². The fourth-order valence-electron chi connectivity index (χ4n) is 3.17. The van der Waals surface area contributed by atoms with Gasteiger partial charge in [0.15, 0.2) is 5.78 Å². The van der Waals surface area contributed by atoms with E-state index in [1.54, 1.807) is 0 Å². The smallest absolute Gasteiger partial charge is 0.167 e. The third-order valence-electron chi connectivity index (χ3n) is 4.42. The number of rotatable bonds is 8. The van der Waals surface area contributed by atoms with Crippen LogP contribution in [0, 0.1) is 0 Å². The largest absolute Gasteiger partial charge is 0.486 e. The molecule has 3 heteroatoms. The monoisotopic (exact) mass is 390 g/mol. The third kappa shape index (κ3) is 5.11. The minimum absolute atomic E-state index is 0.00224. The molecule has 142 valence electrons. The Bertz CT molecular complexity index is 929. The van der Waals surface area contributed by atoms with Crippen molar-refractivity contribution in [2.75, 3.05) is 12.5 Å². The molecule has 0 unspecified atom stereocenters. The SMILES string of the molecule is CC(=O)COc1ccc(/C(=C(/CCCl)c2ccccc2)c2ccccc2)cc1. The van der Waals surface area contributed by atoms with Gasteiger partial charge in [0.2, 0.25) is 0 Å². The highest BCUT2D eigenvalue weighted by atomic mass is 35.5. The molecular formula is C25H23ClO2. The molecule has 0 N–H and O–H groups in total. The van der Waals surface area contributed by atoms with E-state index in [2.05, 4.69) is 24.3 Å². The lowest BCUT2D eigenvalue weighted by molar-refractivity contribution is -0.118. The molecule has 0 fully saturated rings. The van der Waals surface area contributed by atoms with E-state index in [0.29, 0.717) is 11.6 Å². The van der Waals surface area contributed by atoms with Gasteiger partial charge in [-0.25, -0.2) is 0 Å². The van der Waals surface area contributed by atoms with Crippen LogP contribution in [-0.2, 0) is 4.79 Å². The van der Waals surface area contributed by atoms with Gasteiger partial charge in [-0.1, -0.05) is 72.8 Å². The van der Waals surface area contributed by atoms with Crippen molar-refractivity contribution < 1.29 is 9.53 Å². The maximum absolute atomic E-state index is 11.2. The molecule has 3 rings (SSSR count). The van der Waals surface area contributed by atoms with Crippen molar-refractivity contribution in [1.29, 1.82) is 0 Å². The van der Waals surface area contributed by atoms with Gasteiger partial charge >= 0.3 is 0 Å². The number of alkyl halides is 1. The van der Waals surface area contributed by atoms with Crippen LogP contribution in [0.3, 0.4) is 0 Å². The standard InChI is InChI=1S/C25H23ClO2/c1-19(27)18-28-23-14-12-22(13-15-23)25(21-10-6-3-7-11-21)24(16-17-26)20-8-4-2-5-9-20/h2-15H,16-18H2,1H3/b25-24-. The van der Waals surface area contributed by atoms with E-state index >= 15 is 0 Å². The van der Waals surface area contributed by atoms with Crippen molar-refractivity contribution in [1.82, 2.24) is 0 Å². The molecule has 0 aliphatic carbocycles. The van der Waals surface area contributed by atoms with E-state index in [4.69, 9.17) is 16.3 Å². The van der Waals surface area contributed by atoms with E-state index in [-0.39, 0.29) is 12.4 Å². The van der Waals surface area contributed by atoms with Gasteiger partial charge < -0.3 is 4.74 Å². The highest BCUT2D eigenvalue weighted by Gasteiger charge is 2.14. The lowest BCUT2D eigenvalue weighted by atomic mass is 9.88. The summed E-state index contributed by atoms with van der Waals surface area (Å²) in [5.41, 5.74) is 5.76. The first-order chi connectivity index (χ1) is 13.7. The second-order valence-electron chi connectivity index (χ2n) is 6.54. The third-order valence-corrected chi connectivity index (χ3v) is 4.61. The molecule has 3 aromatic rings. The van der Waals surface area contributed by atoms with Gasteiger partial charge in [-0.15, -0.1) is 11.6 Å². The highest BCUT2D eigenvalue weighted by molar-refractivity contribution is 6.18. The van der Waals surface area contributed by atoms with Gasteiger partial charge in [0.1, 0.15) is 12.4 Å². The second kappa shape index (κ2) is 9.91. The number of allylic oxidation sites excluding steroid dienone is 1. The molecule has 0 saturated heterocycles. The average Bonchev–Trinajstić information content (AvgIpc) is 2.74. The van der Waals surface area contributed by atoms with Crippen LogP contribution in [0.2, 0.25) is 0 Å². The van der Waals surface area contributed by atoms with Gasteiger partial charge in [0.25, 0.3) is 0 Å². The van der Waals surface area contributed by atoms with Crippen molar-refractivity contribution in [3.8, 4) is 5.75 Å². The van der Waals surface area contributed by atoms with Crippen molar-refractivity contribution in [3.63, 3.8) is 0 Å². The van der Waals surface area contributed by atoms with E-state index in [1.165, 1.54) is 18.1 Å². The van der Waals surface area contributed by atoms with Crippen LogP contribution in [0.5, 0.6) is 5.75 Å². The van der Waals surface area contributed by atoms with Crippen LogP contribution >= 0.6 is 11.6 Å². The first-order valence-corrected chi connectivity index (χ1v) is 9.85. The quantitative estimate of drug-likeness (QED) is 0.336. The summed E-state index contributed by atoms with van der Waals surface area (Å²) >= 11 is 6.18. The molecule has 0 bridgehead atoms. The van der Waals surface area contributed by atoms with Crippen molar-refractivity contribution in [2.24, 2.45) is 0 Å². The number of hydrogen-bond donors (Lipinski definition) is 0. The molecule has 0 heterocycles. The van der Waals surface area contributed by atoms with Crippen LogP contribution < -0.4 is 4.74 Å². The first kappa shape index (κ1) is 19.9. The second-order valence-corrected chi connectivity index (χ2v) is 6.92. The zero-order valence-corrected chi connectivity index (χ0v) is 16.7. The Balaban J connectivity index is 2.10. The Morgan fingerprint density at radius 2 is 1.32 bits per heavy atom. The summed E-state index contributed by atoms with van der Waals surface area (Å²) in [6, 6.07) is 28.6. The molecule has 0 radical (unpaired) electrons. The zero-order chi connectivity index (χ0) is 19.8. The Hall–Kier alpha value is -2.84. The fourth-order valence-corrected chi connectivity index (χ4v) is 3.36. The van der Waals surface area contributed by atoms with Gasteiger partial charge in [-0.05, 0) is 53.3 Å². The van der Waals surface area contributed by atoms with Crippen LogP contribution in [0.15, 0.2) is 84.9 Å². The predicted octanol–water partition coefficient (Wildman–Crippen LogP) is 6.24. The van der Waals surface area contributed by atoms with Gasteiger partial charge in [-0.2, -0.15) is 0 Å². The van der Waals surface area contributed by atoms with Crippen LogP contribution in [-0.4, -0.2) is 18.3 Å². The highest BCUT2D eigenvalue weighted by Crippen LogP contribution is 2.35. The predicted molar refractivity (Wildman–Crippen MR) is 117 cm³/mol. The zero-order valence-electron chi connectivity index (χ0n) is 15.9. The summed E-state index contributed by atoms with van der Waals surface area (Å²) in [5.74, 6) is 1.23. The molecule has 0 spiro atoms. The van der Waals surface area contributed by atoms with Gasteiger partial charge in [0.05, 0.1) is 0 Å². The topological polar surface area (TPSA) is 26.3 Å². The van der Waals surface area contributed by atoms with E-state index < -0.39 is 0 Å². The summed E-state index contributed by atoms with van der Waals surface area (Å²) in [6.45, 7) is 1.60. The van der Waals surface area contributed by atoms with Gasteiger partial charge in [-0.3, -0.25) is 4.79 Å². The lowest BCUT2D eigenvalue weighted by Gasteiger charge is -2.17. The number of hydrogen-bond acceptors (Lipinski definition) is 2. The molecule has 3 aromatic carbocycles. The number of Topliss-reactive ketones (excluding diaryl/α,β-unsaturated/α-hetero) is 1. The van der Waals surface area contributed by atoms with E-state index in [9.17, 15) is 4.79 Å². The van der Waals surface area contributed by atoms with E-state index in [1.807, 2.05) is 60.7 Å². The molecule has 0 aromatic heterocycles. The fraction of sp³-hybridized carbons (Fsp3) is 0.160. The molecule has 0 saturated carbocycles. The summed E-state index contributed by atoms with van der Waals surface area (Å²) in [4.78, 5) is 11.2. The summed E-state index contributed by atoms with van der Waals surface area (Å²) in [7, 11) is 0. The number of ketones is 1. The molecule has 0 aliphatic rings. The Kier molecular flexibility index (Phi) is 7.05. The maximum Gasteiger partial charge on any atom is 0.167 e. The van der Waals surface area contributed by atoms with Crippen molar-refractivity contribution >= 4 is 28.5 Å². The average molecular weight is 391 g/mol. The number of benzene rings is 3. The van der Waals surface area contributed by atoms with Crippen LogP contribution in [0.1, 0.15) is 30.0 Å². The first-order valence-electron chi connectivity index (χ1n) is 9.31. The molecule has 2 nitrogen and oxygen atoms in total. The summed E-state index contributed by atoms with van der Waals surface area (Å²) < 4.78 is 5.51.